The Morgan fingerprint density at radius 2 is 2.04 bits per heavy atom. The number of rotatable bonds is 4. The second kappa shape index (κ2) is 6.23. The van der Waals surface area contributed by atoms with E-state index in [0.717, 1.165) is 6.42 Å². The highest BCUT2D eigenvalue weighted by Gasteiger charge is 2.61. The fourth-order valence-corrected chi connectivity index (χ4v) is 3.68. The third kappa shape index (κ3) is 2.75. The third-order valence-electron chi connectivity index (χ3n) is 5.04. The van der Waals surface area contributed by atoms with Crippen molar-refractivity contribution in [2.24, 2.45) is 0 Å². The van der Waals surface area contributed by atoms with E-state index in [4.69, 9.17) is 4.74 Å². The fourth-order valence-electron chi connectivity index (χ4n) is 3.68. The van der Waals surface area contributed by atoms with Crippen LogP contribution >= 0.6 is 0 Å². The Kier molecular flexibility index (Phi) is 4.10. The quantitative estimate of drug-likeness (QED) is 0.889. The summed E-state index contributed by atoms with van der Waals surface area (Å²) in [6.07, 6.45) is -2.26. The number of nitrogens with zero attached hydrogens (tertiary/aromatic N) is 2. The average molecular weight is 378 g/mol. The largest absolute Gasteiger partial charge is 0.490 e. The molecule has 1 N–H and O–H groups in total. The molecule has 1 unspecified atom stereocenters. The predicted molar refractivity (Wildman–Crippen MR) is 90.0 cm³/mol. The van der Waals surface area contributed by atoms with E-state index in [1.54, 1.807) is 11.0 Å². The molecule has 1 aromatic heterocycles. The third-order valence-corrected chi connectivity index (χ3v) is 5.04. The number of aromatic nitrogens is 1. The summed E-state index contributed by atoms with van der Waals surface area (Å²) in [4.78, 5) is 17.4. The van der Waals surface area contributed by atoms with Crippen molar-refractivity contribution in [3.8, 4) is 17.0 Å². The van der Waals surface area contributed by atoms with Gasteiger partial charge in [-0.05, 0) is 12.5 Å². The van der Waals surface area contributed by atoms with Crippen molar-refractivity contribution >= 4 is 5.91 Å². The van der Waals surface area contributed by atoms with Crippen molar-refractivity contribution in [1.82, 2.24) is 9.88 Å². The van der Waals surface area contributed by atoms with Gasteiger partial charge in [0.1, 0.15) is 12.4 Å². The number of hydrogen-bond donors (Lipinski definition) is 1. The number of halogens is 3. The first-order chi connectivity index (χ1) is 12.8. The SMILES string of the molecule is O=C1CCCN1CCOc1cnc2c(c1)C(O)(C(F)(F)F)c1ccccc1-2. The summed E-state index contributed by atoms with van der Waals surface area (Å²) in [6.45, 7) is 1.16. The minimum absolute atomic E-state index is 0.0487. The lowest BCUT2D eigenvalue weighted by atomic mass is 9.91. The molecule has 1 aromatic carbocycles. The van der Waals surface area contributed by atoms with Gasteiger partial charge in [0.2, 0.25) is 11.5 Å². The second-order valence-electron chi connectivity index (χ2n) is 6.65. The molecule has 142 valence electrons. The summed E-state index contributed by atoms with van der Waals surface area (Å²) < 4.78 is 46.8. The molecule has 1 atom stereocenters. The average Bonchev–Trinajstić information content (AvgIpc) is 3.15. The van der Waals surface area contributed by atoms with Gasteiger partial charge in [0.25, 0.3) is 0 Å². The summed E-state index contributed by atoms with van der Waals surface area (Å²) in [7, 11) is 0. The molecule has 1 aliphatic carbocycles. The molecule has 2 aliphatic rings. The number of carbonyl (C=O) groups excluding carboxylic acids is 1. The Labute approximate surface area is 153 Å². The molecule has 1 aliphatic heterocycles. The second-order valence-corrected chi connectivity index (χ2v) is 6.65. The minimum Gasteiger partial charge on any atom is -0.490 e. The van der Waals surface area contributed by atoms with Gasteiger partial charge in [-0.15, -0.1) is 0 Å². The highest BCUT2D eigenvalue weighted by Crippen LogP contribution is 2.54. The maximum absolute atomic E-state index is 13.8. The van der Waals surface area contributed by atoms with Crippen LogP contribution < -0.4 is 4.74 Å². The molecule has 2 heterocycles. The zero-order valence-corrected chi connectivity index (χ0v) is 14.3. The van der Waals surface area contributed by atoms with Crippen molar-refractivity contribution < 1.29 is 27.8 Å². The molecule has 2 aromatic rings. The van der Waals surface area contributed by atoms with E-state index in [9.17, 15) is 23.1 Å². The summed E-state index contributed by atoms with van der Waals surface area (Å²) in [5.41, 5.74) is -3.37. The monoisotopic (exact) mass is 378 g/mol. The van der Waals surface area contributed by atoms with Gasteiger partial charge in [0, 0.05) is 29.7 Å². The Bertz CT molecular complexity index is 900. The molecule has 1 fully saturated rings. The van der Waals surface area contributed by atoms with Gasteiger partial charge in [0.05, 0.1) is 18.4 Å². The summed E-state index contributed by atoms with van der Waals surface area (Å²) in [5.74, 6) is 0.170. The van der Waals surface area contributed by atoms with Crippen molar-refractivity contribution in [2.45, 2.75) is 24.6 Å². The van der Waals surface area contributed by atoms with Gasteiger partial charge in [0.15, 0.2) is 0 Å². The number of ether oxygens (including phenoxy) is 1. The first-order valence-corrected chi connectivity index (χ1v) is 8.62. The molecule has 1 amide bonds. The van der Waals surface area contributed by atoms with Gasteiger partial charge in [-0.2, -0.15) is 13.2 Å². The van der Waals surface area contributed by atoms with E-state index in [1.807, 2.05) is 0 Å². The van der Waals surface area contributed by atoms with E-state index in [-0.39, 0.29) is 40.6 Å². The number of fused-ring (bicyclic) bond motifs is 3. The first-order valence-electron chi connectivity index (χ1n) is 8.62. The Morgan fingerprint density at radius 3 is 2.74 bits per heavy atom. The van der Waals surface area contributed by atoms with Crippen LogP contribution in [0.5, 0.6) is 5.75 Å². The lowest BCUT2D eigenvalue weighted by Gasteiger charge is -2.28. The molecule has 0 saturated carbocycles. The van der Waals surface area contributed by atoms with Crippen LogP contribution in [0.3, 0.4) is 0 Å². The van der Waals surface area contributed by atoms with Crippen LogP contribution in [-0.2, 0) is 10.4 Å². The lowest BCUT2D eigenvalue weighted by Crippen LogP contribution is -2.41. The highest BCUT2D eigenvalue weighted by atomic mass is 19.4. The minimum atomic E-state index is -4.91. The molecule has 0 spiro atoms. The summed E-state index contributed by atoms with van der Waals surface area (Å²) >= 11 is 0. The Morgan fingerprint density at radius 1 is 1.26 bits per heavy atom. The maximum Gasteiger partial charge on any atom is 0.425 e. The number of alkyl halides is 3. The summed E-state index contributed by atoms with van der Waals surface area (Å²) in [6, 6.07) is 6.99. The Hall–Kier alpha value is -2.61. The number of aliphatic hydroxyl groups is 1. The number of hydrogen-bond acceptors (Lipinski definition) is 4. The van der Waals surface area contributed by atoms with E-state index in [2.05, 4.69) is 4.98 Å². The van der Waals surface area contributed by atoms with Crippen LogP contribution in [0.25, 0.3) is 11.3 Å². The Balaban J connectivity index is 1.62. The normalized spacial score (nSPS) is 21.3. The van der Waals surface area contributed by atoms with Crippen molar-refractivity contribution in [3.63, 3.8) is 0 Å². The van der Waals surface area contributed by atoms with E-state index in [1.165, 1.54) is 30.5 Å². The molecule has 0 bridgehead atoms. The first kappa shape index (κ1) is 17.8. The zero-order chi connectivity index (χ0) is 19.2. The summed E-state index contributed by atoms with van der Waals surface area (Å²) in [5, 5.41) is 10.6. The van der Waals surface area contributed by atoms with E-state index >= 15 is 0 Å². The smallest absolute Gasteiger partial charge is 0.425 e. The van der Waals surface area contributed by atoms with Crippen molar-refractivity contribution in [1.29, 1.82) is 0 Å². The van der Waals surface area contributed by atoms with Crippen LogP contribution in [0.2, 0.25) is 0 Å². The topological polar surface area (TPSA) is 62.7 Å². The number of pyridine rings is 1. The molecule has 4 rings (SSSR count). The molecule has 5 nitrogen and oxygen atoms in total. The van der Waals surface area contributed by atoms with Gasteiger partial charge in [-0.3, -0.25) is 9.78 Å². The number of carbonyl (C=O) groups is 1. The molecule has 8 heteroatoms. The standard InChI is InChI=1S/C19H17F3N2O3/c20-19(21,22)18(26)14-5-2-1-4-13(14)17-15(18)10-12(11-23-17)27-9-8-24-7-3-6-16(24)25/h1-2,4-5,10-11,26H,3,6-9H2. The van der Waals surface area contributed by atoms with Gasteiger partial charge in [-0.1, -0.05) is 24.3 Å². The van der Waals surface area contributed by atoms with Crippen LogP contribution in [0.1, 0.15) is 24.0 Å². The molecular weight excluding hydrogens is 361 g/mol. The molecule has 27 heavy (non-hydrogen) atoms. The van der Waals surface area contributed by atoms with Crippen molar-refractivity contribution in [3.05, 3.63) is 47.7 Å². The van der Waals surface area contributed by atoms with Gasteiger partial charge in [-0.25, -0.2) is 0 Å². The van der Waals surface area contributed by atoms with E-state index in [0.29, 0.717) is 19.5 Å². The number of amides is 1. The fraction of sp³-hybridized carbons (Fsp3) is 0.368. The van der Waals surface area contributed by atoms with Crippen LogP contribution in [0, 0.1) is 0 Å². The zero-order valence-electron chi connectivity index (χ0n) is 14.3. The van der Waals surface area contributed by atoms with Gasteiger partial charge < -0.3 is 14.7 Å². The van der Waals surface area contributed by atoms with E-state index < -0.39 is 11.8 Å². The number of benzene rings is 1. The molecule has 1 saturated heterocycles. The van der Waals surface area contributed by atoms with Crippen LogP contribution in [0.15, 0.2) is 36.5 Å². The molecular formula is C19H17F3N2O3. The van der Waals surface area contributed by atoms with Crippen LogP contribution in [-0.4, -0.2) is 46.8 Å². The molecule has 0 radical (unpaired) electrons. The van der Waals surface area contributed by atoms with Gasteiger partial charge >= 0.3 is 6.18 Å². The van der Waals surface area contributed by atoms with Crippen molar-refractivity contribution in [2.75, 3.05) is 19.7 Å². The van der Waals surface area contributed by atoms with Crippen LogP contribution in [0.4, 0.5) is 13.2 Å². The number of likely N-dealkylation sites (tertiary alicyclic amines) is 1. The lowest BCUT2D eigenvalue weighted by molar-refractivity contribution is -0.246. The predicted octanol–water partition coefficient (Wildman–Crippen LogP) is 2.86. The highest BCUT2D eigenvalue weighted by molar-refractivity contribution is 5.78. The maximum atomic E-state index is 13.8.